The average Bonchev–Trinajstić information content (AvgIpc) is 3.15. The molecule has 9 heteroatoms. The first-order valence-corrected chi connectivity index (χ1v) is 11.5. The first-order valence-electron chi connectivity index (χ1n) is 11.5. The van der Waals surface area contributed by atoms with E-state index in [1.165, 1.54) is 18.0 Å². The normalized spacial score (nSPS) is 11.6. The highest BCUT2D eigenvalue weighted by atomic mass is 16.6. The molecular weight excluding hydrogens is 460 g/mol. The Morgan fingerprint density at radius 1 is 0.972 bits per heavy atom. The van der Waals surface area contributed by atoms with Gasteiger partial charge in [-0.25, -0.2) is 9.59 Å². The van der Waals surface area contributed by atoms with Crippen LogP contribution in [0.5, 0.6) is 0 Å². The van der Waals surface area contributed by atoms with Crippen LogP contribution < -0.4 is 10.2 Å². The van der Waals surface area contributed by atoms with Gasteiger partial charge < -0.3 is 14.8 Å². The van der Waals surface area contributed by atoms with Crippen LogP contribution in [0.15, 0.2) is 55.1 Å². The van der Waals surface area contributed by atoms with Crippen molar-refractivity contribution in [2.75, 3.05) is 17.3 Å². The number of aromatic nitrogens is 2. The van der Waals surface area contributed by atoms with E-state index in [2.05, 4.69) is 17.0 Å². The maximum Gasteiger partial charge on any atom is 0.435 e. The number of ether oxygens (including phenoxy) is 2. The van der Waals surface area contributed by atoms with E-state index in [9.17, 15) is 14.4 Å². The van der Waals surface area contributed by atoms with Crippen LogP contribution in [0.25, 0.3) is 22.0 Å². The third-order valence-corrected chi connectivity index (χ3v) is 4.86. The van der Waals surface area contributed by atoms with Crippen molar-refractivity contribution in [1.29, 1.82) is 0 Å². The predicted octanol–water partition coefficient (Wildman–Crippen LogP) is 5.98. The molecule has 0 bridgehead atoms. The number of amides is 2. The van der Waals surface area contributed by atoms with Crippen molar-refractivity contribution < 1.29 is 23.9 Å². The third kappa shape index (κ3) is 6.29. The molecule has 0 radical (unpaired) electrons. The van der Waals surface area contributed by atoms with Crippen LogP contribution in [-0.2, 0) is 14.3 Å². The molecule has 0 aliphatic carbocycles. The molecule has 36 heavy (non-hydrogen) atoms. The summed E-state index contributed by atoms with van der Waals surface area (Å²) in [5.74, 6) is -0.0782. The summed E-state index contributed by atoms with van der Waals surface area (Å²) in [5.41, 5.74) is 1.23. The van der Waals surface area contributed by atoms with Crippen LogP contribution in [0.4, 0.5) is 21.1 Å². The molecule has 0 spiro atoms. The van der Waals surface area contributed by atoms with E-state index in [-0.39, 0.29) is 11.7 Å². The van der Waals surface area contributed by atoms with Crippen molar-refractivity contribution in [3.05, 3.63) is 55.1 Å². The standard InChI is InChI=1S/C27H32N4O5/c1-9-22(32)28-19-12-10-11-17(15-19)18-13-14-21-20(16-18)23(30(8)24(33)35-26(2,3)4)29-31(21)25(34)36-27(5,6)7/h9-16H,1H2,2-8H3,(H,28,32). The first-order chi connectivity index (χ1) is 16.7. The molecule has 3 aromatic rings. The lowest BCUT2D eigenvalue weighted by Gasteiger charge is -2.23. The van der Waals surface area contributed by atoms with Crippen LogP contribution in [0.3, 0.4) is 0 Å². The second-order valence-electron chi connectivity index (χ2n) is 10.3. The van der Waals surface area contributed by atoms with E-state index in [1.807, 2.05) is 30.3 Å². The lowest BCUT2D eigenvalue weighted by atomic mass is 10.0. The molecule has 0 aliphatic rings. The van der Waals surface area contributed by atoms with E-state index in [4.69, 9.17) is 9.47 Å². The second kappa shape index (κ2) is 9.85. The van der Waals surface area contributed by atoms with Gasteiger partial charge in [0.05, 0.1) is 5.52 Å². The van der Waals surface area contributed by atoms with Crippen LogP contribution in [0.1, 0.15) is 41.5 Å². The highest BCUT2D eigenvalue weighted by Crippen LogP contribution is 2.32. The van der Waals surface area contributed by atoms with Crippen LogP contribution in [0, 0.1) is 0 Å². The maximum atomic E-state index is 12.9. The minimum absolute atomic E-state index is 0.239. The van der Waals surface area contributed by atoms with Gasteiger partial charge in [0, 0.05) is 18.1 Å². The molecule has 1 aromatic heterocycles. The van der Waals surface area contributed by atoms with E-state index in [0.29, 0.717) is 16.6 Å². The van der Waals surface area contributed by atoms with Gasteiger partial charge in [0.2, 0.25) is 5.91 Å². The molecule has 3 rings (SSSR count). The van der Waals surface area contributed by atoms with Gasteiger partial charge in [-0.05, 0) is 83.0 Å². The summed E-state index contributed by atoms with van der Waals surface area (Å²) in [6.07, 6.45) is -0.0845. The van der Waals surface area contributed by atoms with Crippen LogP contribution >= 0.6 is 0 Å². The van der Waals surface area contributed by atoms with E-state index < -0.39 is 23.4 Å². The van der Waals surface area contributed by atoms with Gasteiger partial charge in [-0.2, -0.15) is 4.68 Å². The van der Waals surface area contributed by atoms with Crippen molar-refractivity contribution >= 4 is 40.5 Å². The first kappa shape index (κ1) is 26.5. The zero-order valence-corrected chi connectivity index (χ0v) is 21.7. The SMILES string of the molecule is C=CC(=O)Nc1cccc(-c2ccc3c(c2)c(N(C)C(=O)OC(C)(C)C)nn3C(=O)OC(C)(C)C)c1. The molecule has 0 saturated carbocycles. The number of nitrogens with zero attached hydrogens (tertiary/aromatic N) is 3. The Labute approximate surface area is 210 Å². The largest absolute Gasteiger partial charge is 0.443 e. The van der Waals surface area contributed by atoms with Gasteiger partial charge in [-0.3, -0.25) is 9.69 Å². The summed E-state index contributed by atoms with van der Waals surface area (Å²) in [7, 11) is 1.54. The monoisotopic (exact) mass is 492 g/mol. The minimum Gasteiger partial charge on any atom is -0.443 e. The number of hydrogen-bond acceptors (Lipinski definition) is 6. The zero-order valence-electron chi connectivity index (χ0n) is 21.7. The Morgan fingerprint density at radius 3 is 2.22 bits per heavy atom. The van der Waals surface area contributed by atoms with Crippen LogP contribution in [-0.4, -0.2) is 46.1 Å². The van der Waals surface area contributed by atoms with Crippen molar-refractivity contribution in [2.45, 2.75) is 52.7 Å². The van der Waals surface area contributed by atoms with E-state index in [1.54, 1.807) is 53.7 Å². The number of fused-ring (bicyclic) bond motifs is 1. The van der Waals surface area contributed by atoms with Crippen LogP contribution in [0.2, 0.25) is 0 Å². The quantitative estimate of drug-likeness (QED) is 0.449. The molecule has 0 atom stereocenters. The number of carbonyl (C=O) groups excluding carboxylic acids is 3. The van der Waals surface area contributed by atoms with Crippen molar-refractivity contribution in [2.24, 2.45) is 0 Å². The van der Waals surface area contributed by atoms with Crippen molar-refractivity contribution in [3.63, 3.8) is 0 Å². The lowest BCUT2D eigenvalue weighted by molar-refractivity contribution is -0.111. The fourth-order valence-corrected chi connectivity index (χ4v) is 3.36. The molecule has 190 valence electrons. The molecule has 1 heterocycles. The summed E-state index contributed by atoms with van der Waals surface area (Å²) in [6.45, 7) is 14.1. The number of rotatable bonds is 4. The fraction of sp³-hybridized carbons (Fsp3) is 0.333. The molecule has 0 aliphatic heterocycles. The Kier molecular flexibility index (Phi) is 7.24. The Bertz CT molecular complexity index is 1330. The summed E-state index contributed by atoms with van der Waals surface area (Å²) in [4.78, 5) is 38.7. The van der Waals surface area contributed by atoms with E-state index >= 15 is 0 Å². The molecule has 2 amide bonds. The molecular formula is C27H32N4O5. The topological polar surface area (TPSA) is 103 Å². The van der Waals surface area contributed by atoms with Gasteiger partial charge in [-0.1, -0.05) is 24.8 Å². The third-order valence-electron chi connectivity index (χ3n) is 4.86. The van der Waals surface area contributed by atoms with Gasteiger partial charge in [0.25, 0.3) is 0 Å². The van der Waals surface area contributed by atoms with Gasteiger partial charge >= 0.3 is 12.2 Å². The van der Waals surface area contributed by atoms with Gasteiger partial charge in [0.15, 0.2) is 5.82 Å². The predicted molar refractivity (Wildman–Crippen MR) is 140 cm³/mol. The molecule has 9 nitrogen and oxygen atoms in total. The molecule has 2 aromatic carbocycles. The van der Waals surface area contributed by atoms with Gasteiger partial charge in [-0.15, -0.1) is 5.10 Å². The Morgan fingerprint density at radius 2 is 1.61 bits per heavy atom. The summed E-state index contributed by atoms with van der Waals surface area (Å²) in [5, 5.41) is 7.72. The number of anilines is 2. The molecule has 0 unspecified atom stereocenters. The molecule has 0 fully saturated rings. The molecule has 1 N–H and O–H groups in total. The number of nitrogens with one attached hydrogen (secondary N) is 1. The number of carbonyl (C=O) groups is 3. The minimum atomic E-state index is -0.733. The smallest absolute Gasteiger partial charge is 0.435 e. The summed E-state index contributed by atoms with van der Waals surface area (Å²) >= 11 is 0. The second-order valence-corrected chi connectivity index (χ2v) is 10.3. The Balaban J connectivity index is 2.13. The lowest BCUT2D eigenvalue weighted by Crippen LogP contribution is -2.34. The Hall–Kier alpha value is -4.14. The summed E-state index contributed by atoms with van der Waals surface area (Å²) in [6, 6.07) is 12.7. The van der Waals surface area contributed by atoms with Crippen molar-refractivity contribution in [1.82, 2.24) is 9.78 Å². The number of hydrogen-bond donors (Lipinski definition) is 1. The van der Waals surface area contributed by atoms with E-state index in [0.717, 1.165) is 15.8 Å². The zero-order chi connectivity index (χ0) is 26.8. The highest BCUT2D eigenvalue weighted by molar-refractivity contribution is 6.03. The highest BCUT2D eigenvalue weighted by Gasteiger charge is 2.28. The maximum absolute atomic E-state index is 12.9. The fourth-order valence-electron chi connectivity index (χ4n) is 3.36. The van der Waals surface area contributed by atoms with Crippen molar-refractivity contribution in [3.8, 4) is 11.1 Å². The molecule has 0 saturated heterocycles. The average molecular weight is 493 g/mol. The summed E-state index contributed by atoms with van der Waals surface area (Å²) < 4.78 is 12.2. The number of benzene rings is 2. The van der Waals surface area contributed by atoms with Gasteiger partial charge in [0.1, 0.15) is 11.2 Å².